The monoisotopic (exact) mass is 289 g/mol. The zero-order chi connectivity index (χ0) is 15.4. The van der Waals surface area contributed by atoms with E-state index in [1.807, 2.05) is 10.9 Å². The van der Waals surface area contributed by atoms with E-state index in [-0.39, 0.29) is 6.04 Å². The molecule has 2 aromatic rings. The molecule has 2 N–H and O–H groups in total. The van der Waals surface area contributed by atoms with Gasteiger partial charge in [0.15, 0.2) is 5.75 Å². The van der Waals surface area contributed by atoms with E-state index in [0.717, 1.165) is 29.7 Å². The fourth-order valence-corrected chi connectivity index (χ4v) is 2.29. The van der Waals surface area contributed by atoms with Crippen molar-refractivity contribution in [1.29, 1.82) is 0 Å². The Morgan fingerprint density at radius 1 is 1.19 bits per heavy atom. The fourth-order valence-electron chi connectivity index (χ4n) is 2.29. The van der Waals surface area contributed by atoms with Crippen molar-refractivity contribution in [2.75, 3.05) is 0 Å². The molecule has 21 heavy (non-hydrogen) atoms. The Hall–Kier alpha value is -1.95. The molecule has 0 atom stereocenters. The number of nitrogens with two attached hydrogens (primary N) is 1. The Morgan fingerprint density at radius 3 is 2.48 bits per heavy atom. The molecule has 6 nitrogen and oxygen atoms in total. The summed E-state index contributed by atoms with van der Waals surface area (Å²) in [5.74, 6) is 1.13. The molecule has 2 heterocycles. The molecule has 0 aromatic carbocycles. The lowest BCUT2D eigenvalue weighted by Gasteiger charge is -2.13. The summed E-state index contributed by atoms with van der Waals surface area (Å²) in [5.41, 5.74) is 8.95. The van der Waals surface area contributed by atoms with E-state index in [4.69, 9.17) is 10.5 Å². The normalized spacial score (nSPS) is 11.1. The van der Waals surface area contributed by atoms with E-state index in [2.05, 4.69) is 43.0 Å². The zero-order valence-corrected chi connectivity index (χ0v) is 13.1. The van der Waals surface area contributed by atoms with Crippen LogP contribution in [0.5, 0.6) is 11.6 Å². The highest BCUT2D eigenvalue weighted by Crippen LogP contribution is 2.27. The third-order valence-corrected chi connectivity index (χ3v) is 3.45. The third kappa shape index (κ3) is 3.21. The van der Waals surface area contributed by atoms with Gasteiger partial charge in [-0.1, -0.05) is 13.8 Å². The topological polar surface area (TPSA) is 78.9 Å². The van der Waals surface area contributed by atoms with Crippen LogP contribution in [0, 0.1) is 0 Å². The smallest absolute Gasteiger partial charge is 0.243 e. The lowest BCUT2D eigenvalue weighted by molar-refractivity contribution is 0.442. The number of rotatable bonds is 6. The van der Waals surface area contributed by atoms with Crippen LogP contribution in [0.3, 0.4) is 0 Å². The van der Waals surface area contributed by atoms with Crippen LogP contribution >= 0.6 is 0 Å². The van der Waals surface area contributed by atoms with Crippen molar-refractivity contribution in [3.8, 4) is 11.6 Å². The lowest BCUT2D eigenvalue weighted by atomic mass is 10.0. The number of aryl methyl sites for hydroxylation is 1. The number of aromatic nitrogens is 4. The summed E-state index contributed by atoms with van der Waals surface area (Å²) in [6.45, 7) is 8.67. The first-order chi connectivity index (χ1) is 10.1. The Labute approximate surface area is 125 Å². The fraction of sp³-hybridized carbons (Fsp3) is 0.533. The molecule has 0 saturated heterocycles. The minimum absolute atomic E-state index is 0.288. The number of nitrogens with zero attached hydrogens (tertiary/aromatic N) is 4. The molecule has 0 spiro atoms. The molecule has 0 aliphatic heterocycles. The predicted octanol–water partition coefficient (Wildman–Crippen LogP) is 2.63. The van der Waals surface area contributed by atoms with Crippen LogP contribution in [0.15, 0.2) is 12.4 Å². The van der Waals surface area contributed by atoms with Gasteiger partial charge in [-0.05, 0) is 32.3 Å². The van der Waals surface area contributed by atoms with Crippen molar-refractivity contribution in [3.63, 3.8) is 0 Å². The molecule has 0 unspecified atom stereocenters. The third-order valence-electron chi connectivity index (χ3n) is 3.45. The van der Waals surface area contributed by atoms with Gasteiger partial charge in [-0.15, -0.1) is 5.10 Å². The number of ether oxygens (including phenoxy) is 1. The van der Waals surface area contributed by atoms with Gasteiger partial charge in [-0.25, -0.2) is 0 Å². The van der Waals surface area contributed by atoms with Crippen LogP contribution in [-0.2, 0) is 19.4 Å². The van der Waals surface area contributed by atoms with Crippen molar-refractivity contribution >= 4 is 0 Å². The highest BCUT2D eigenvalue weighted by Gasteiger charge is 2.15. The van der Waals surface area contributed by atoms with Crippen molar-refractivity contribution < 1.29 is 4.74 Å². The first-order valence-corrected chi connectivity index (χ1v) is 7.40. The molecule has 0 bridgehead atoms. The summed E-state index contributed by atoms with van der Waals surface area (Å²) < 4.78 is 7.68. The predicted molar refractivity (Wildman–Crippen MR) is 81.4 cm³/mol. The number of hydrogen-bond donors (Lipinski definition) is 1. The largest absolute Gasteiger partial charge is 0.434 e. The highest BCUT2D eigenvalue weighted by atomic mass is 16.5. The second kappa shape index (κ2) is 6.67. The van der Waals surface area contributed by atoms with Gasteiger partial charge in [0, 0.05) is 18.2 Å². The van der Waals surface area contributed by atoms with E-state index < -0.39 is 0 Å². The van der Waals surface area contributed by atoms with Crippen molar-refractivity contribution in [2.45, 2.75) is 53.1 Å². The molecule has 6 heteroatoms. The SMILES string of the molecule is CCc1nnc(Oc2cnn(C(C)C)c2)c(CN)c1CC. The maximum atomic E-state index is 5.89. The molecule has 0 radical (unpaired) electrons. The summed E-state index contributed by atoms with van der Waals surface area (Å²) in [6, 6.07) is 0.288. The molecule has 0 amide bonds. The second-order valence-corrected chi connectivity index (χ2v) is 5.17. The molecule has 0 aliphatic carbocycles. The molecular weight excluding hydrogens is 266 g/mol. The van der Waals surface area contributed by atoms with Crippen LogP contribution < -0.4 is 10.5 Å². The lowest BCUT2D eigenvalue weighted by Crippen LogP contribution is -2.10. The minimum atomic E-state index is 0.288. The van der Waals surface area contributed by atoms with Gasteiger partial charge in [-0.3, -0.25) is 4.68 Å². The summed E-state index contributed by atoms with van der Waals surface area (Å²) in [5, 5.41) is 12.7. The van der Waals surface area contributed by atoms with Gasteiger partial charge >= 0.3 is 0 Å². The first-order valence-electron chi connectivity index (χ1n) is 7.40. The van der Waals surface area contributed by atoms with Crippen molar-refractivity contribution in [3.05, 3.63) is 29.2 Å². The molecule has 0 fully saturated rings. The quantitative estimate of drug-likeness (QED) is 0.884. The maximum Gasteiger partial charge on any atom is 0.243 e. The Balaban J connectivity index is 2.34. The summed E-state index contributed by atoms with van der Waals surface area (Å²) in [4.78, 5) is 0. The standard InChI is InChI=1S/C15H23N5O/c1-5-12-13(7-16)15(19-18-14(12)6-2)21-11-8-17-20(9-11)10(3)4/h8-10H,5-7,16H2,1-4H3. The molecule has 2 aromatic heterocycles. The average Bonchev–Trinajstić information content (AvgIpc) is 2.95. The summed E-state index contributed by atoms with van der Waals surface area (Å²) in [7, 11) is 0. The van der Waals surface area contributed by atoms with E-state index in [9.17, 15) is 0 Å². The van der Waals surface area contributed by atoms with Crippen LogP contribution in [0.25, 0.3) is 0 Å². The Kier molecular flexibility index (Phi) is 4.90. The second-order valence-electron chi connectivity index (χ2n) is 5.17. The minimum Gasteiger partial charge on any atom is -0.434 e. The average molecular weight is 289 g/mol. The van der Waals surface area contributed by atoms with E-state index >= 15 is 0 Å². The molecule has 114 valence electrons. The van der Waals surface area contributed by atoms with E-state index in [1.165, 1.54) is 0 Å². The van der Waals surface area contributed by atoms with Gasteiger partial charge in [-0.2, -0.15) is 10.2 Å². The van der Waals surface area contributed by atoms with E-state index in [1.54, 1.807) is 6.20 Å². The van der Waals surface area contributed by atoms with Gasteiger partial charge < -0.3 is 10.5 Å². The van der Waals surface area contributed by atoms with Gasteiger partial charge in [0.2, 0.25) is 5.88 Å². The highest BCUT2D eigenvalue weighted by molar-refractivity contribution is 5.38. The van der Waals surface area contributed by atoms with Crippen molar-refractivity contribution in [1.82, 2.24) is 20.0 Å². The van der Waals surface area contributed by atoms with Gasteiger partial charge in [0.25, 0.3) is 0 Å². The molecule has 0 saturated carbocycles. The summed E-state index contributed by atoms with van der Waals surface area (Å²) in [6.07, 6.45) is 5.24. The first kappa shape index (κ1) is 15.4. The van der Waals surface area contributed by atoms with Crippen LogP contribution in [0.2, 0.25) is 0 Å². The molecule has 2 rings (SSSR count). The Bertz CT molecular complexity index is 606. The summed E-state index contributed by atoms with van der Waals surface area (Å²) >= 11 is 0. The van der Waals surface area contributed by atoms with Gasteiger partial charge in [0.1, 0.15) is 0 Å². The zero-order valence-electron chi connectivity index (χ0n) is 13.1. The van der Waals surface area contributed by atoms with Gasteiger partial charge in [0.05, 0.1) is 18.1 Å². The maximum absolute atomic E-state index is 5.89. The van der Waals surface area contributed by atoms with Crippen LogP contribution in [0.4, 0.5) is 0 Å². The molecular formula is C15H23N5O. The van der Waals surface area contributed by atoms with Crippen molar-refractivity contribution in [2.24, 2.45) is 5.73 Å². The molecule has 0 aliphatic rings. The number of hydrogen-bond acceptors (Lipinski definition) is 5. The Morgan fingerprint density at radius 2 is 1.95 bits per heavy atom. The van der Waals surface area contributed by atoms with E-state index in [0.29, 0.717) is 18.2 Å². The van der Waals surface area contributed by atoms with Crippen LogP contribution in [-0.4, -0.2) is 20.0 Å². The van der Waals surface area contributed by atoms with Crippen LogP contribution in [0.1, 0.15) is 50.6 Å².